The van der Waals surface area contributed by atoms with Crippen LogP contribution < -0.4 is 25.1 Å². The molecule has 0 amide bonds. The fraction of sp³-hybridized carbons (Fsp3) is 0.193. The monoisotopic (exact) mass is 839 g/mol. The van der Waals surface area contributed by atoms with Gasteiger partial charge in [-0.25, -0.2) is 0 Å². The van der Waals surface area contributed by atoms with Gasteiger partial charge in [-0.15, -0.1) is 0 Å². The third-order valence-corrected chi connectivity index (χ3v) is 17.0. The summed E-state index contributed by atoms with van der Waals surface area (Å²) in [6, 6.07) is 62.8. The molecule has 0 aliphatic carbocycles. The van der Waals surface area contributed by atoms with Crippen molar-refractivity contribution < 1.29 is 0 Å². The SMILES string of the molecule is Cc1ccc(N2c3cccc(c3)N(c3ccccc3[Si](C)(C)C)c3cc(c4ccc5cc(C(C)(C)C)cc6ccc3c4c65)N(c3ccccc3[Si](C)(C)C)c3cccc2c3)cc1. The van der Waals surface area contributed by atoms with E-state index in [1.807, 2.05) is 0 Å². The lowest BCUT2D eigenvalue weighted by molar-refractivity contribution is 0.591. The van der Waals surface area contributed by atoms with Crippen LogP contribution in [-0.4, -0.2) is 16.1 Å². The van der Waals surface area contributed by atoms with Crippen molar-refractivity contribution in [1.29, 1.82) is 0 Å². The van der Waals surface area contributed by atoms with Gasteiger partial charge in [0, 0.05) is 56.0 Å². The van der Waals surface area contributed by atoms with Crippen LogP contribution >= 0.6 is 0 Å². The number of hydrogen-bond donors (Lipinski definition) is 0. The third kappa shape index (κ3) is 6.70. The topological polar surface area (TPSA) is 9.72 Å². The van der Waals surface area contributed by atoms with Crippen molar-refractivity contribution in [3.05, 3.63) is 175 Å². The molecule has 9 aromatic carbocycles. The Morgan fingerprint density at radius 1 is 0.371 bits per heavy atom. The summed E-state index contributed by atoms with van der Waals surface area (Å²) in [6.45, 7) is 24.0. The van der Waals surface area contributed by atoms with E-state index in [0.29, 0.717) is 0 Å². The first kappa shape index (κ1) is 40.0. The van der Waals surface area contributed by atoms with Crippen LogP contribution in [0, 0.1) is 6.92 Å². The van der Waals surface area contributed by atoms with E-state index in [-0.39, 0.29) is 5.41 Å². The second kappa shape index (κ2) is 14.5. The zero-order valence-corrected chi connectivity index (χ0v) is 39.9. The van der Waals surface area contributed by atoms with Crippen molar-refractivity contribution in [2.45, 2.75) is 72.4 Å². The third-order valence-electron chi connectivity index (χ3n) is 12.9. The van der Waals surface area contributed by atoms with Gasteiger partial charge < -0.3 is 14.7 Å². The second-order valence-electron chi connectivity index (χ2n) is 20.5. The van der Waals surface area contributed by atoms with Gasteiger partial charge in [0.05, 0.1) is 27.5 Å². The molecule has 5 heteroatoms. The highest BCUT2D eigenvalue weighted by Gasteiger charge is 2.32. The predicted molar refractivity (Wildman–Crippen MR) is 277 cm³/mol. The van der Waals surface area contributed by atoms with Crippen LogP contribution in [0.1, 0.15) is 31.9 Å². The molecule has 308 valence electrons. The van der Waals surface area contributed by atoms with Crippen LogP contribution in [0.4, 0.5) is 51.2 Å². The molecule has 9 aromatic rings. The molecule has 0 saturated heterocycles. The zero-order valence-electron chi connectivity index (χ0n) is 37.9. The summed E-state index contributed by atoms with van der Waals surface area (Å²) in [4.78, 5) is 7.63. The van der Waals surface area contributed by atoms with Crippen LogP contribution in [0.15, 0.2) is 164 Å². The molecule has 1 aliphatic heterocycles. The maximum absolute atomic E-state index is 2.60. The number of aryl methyl sites for hydroxylation is 1. The molecular weight excluding hydrogens is 783 g/mol. The Morgan fingerprint density at radius 2 is 0.806 bits per heavy atom. The molecule has 62 heavy (non-hydrogen) atoms. The average Bonchev–Trinajstić information content (AvgIpc) is 3.23. The van der Waals surface area contributed by atoms with Gasteiger partial charge in [0.2, 0.25) is 0 Å². The first-order valence-corrected chi connectivity index (χ1v) is 29.2. The lowest BCUT2D eigenvalue weighted by Gasteiger charge is -2.37. The zero-order chi connectivity index (χ0) is 43.3. The van der Waals surface area contributed by atoms with E-state index in [0.717, 1.165) is 28.4 Å². The molecule has 1 heterocycles. The molecule has 0 aromatic heterocycles. The predicted octanol–water partition coefficient (Wildman–Crippen LogP) is 16.0. The van der Waals surface area contributed by atoms with E-state index in [9.17, 15) is 0 Å². The van der Waals surface area contributed by atoms with Gasteiger partial charge in [-0.2, -0.15) is 0 Å². The number of para-hydroxylation sites is 2. The molecule has 0 saturated carbocycles. The number of fused-ring (bicyclic) bond motifs is 8. The number of nitrogens with zero attached hydrogens (tertiary/aromatic N) is 3. The van der Waals surface area contributed by atoms with Crippen molar-refractivity contribution in [2.24, 2.45) is 0 Å². The minimum atomic E-state index is -1.87. The van der Waals surface area contributed by atoms with Crippen molar-refractivity contribution in [3.8, 4) is 0 Å². The van der Waals surface area contributed by atoms with Gasteiger partial charge in [0.1, 0.15) is 0 Å². The van der Waals surface area contributed by atoms with Crippen LogP contribution in [0.3, 0.4) is 0 Å². The van der Waals surface area contributed by atoms with Crippen molar-refractivity contribution >= 4 is 110 Å². The molecule has 1 aliphatic rings. The van der Waals surface area contributed by atoms with Crippen LogP contribution in [0.25, 0.3) is 32.3 Å². The maximum Gasteiger partial charge on any atom is 0.0803 e. The molecule has 6 bridgehead atoms. The molecule has 10 rings (SSSR count). The van der Waals surface area contributed by atoms with Gasteiger partial charge in [0.25, 0.3) is 0 Å². The van der Waals surface area contributed by atoms with E-state index in [1.54, 1.807) is 0 Å². The van der Waals surface area contributed by atoms with Crippen molar-refractivity contribution in [1.82, 2.24) is 0 Å². The number of anilines is 9. The van der Waals surface area contributed by atoms with Crippen LogP contribution in [-0.2, 0) is 5.41 Å². The highest BCUT2D eigenvalue weighted by Crippen LogP contribution is 2.52. The summed E-state index contributed by atoms with van der Waals surface area (Å²) >= 11 is 0. The Bertz CT molecular complexity index is 2990. The van der Waals surface area contributed by atoms with Gasteiger partial charge in [-0.1, -0.05) is 163 Å². The quantitative estimate of drug-likeness (QED) is 0.126. The van der Waals surface area contributed by atoms with Crippen molar-refractivity contribution in [3.63, 3.8) is 0 Å². The standard InChI is InChI=1S/C57H57N3Si2/c1-38-25-29-42(30-26-38)58-43-17-15-19-45(35-43)59(49-21-11-13-23-53(49)61(5,6)7)51-37-52(60(46-20-16-18-44(58)36-46)50-22-12-14-24-54(50)62(8,9)10)48-32-28-40-34-41(57(2,3)4)33-39-27-31-47(51)56(48)55(39)40/h11-37H,1-10H3. The summed E-state index contributed by atoms with van der Waals surface area (Å²) in [5.41, 5.74) is 13.1. The number of benzene rings is 9. The van der Waals surface area contributed by atoms with E-state index >= 15 is 0 Å². The molecule has 3 nitrogen and oxygen atoms in total. The summed E-state index contributed by atoms with van der Waals surface area (Å²) in [5.74, 6) is 0. The Kier molecular flexibility index (Phi) is 9.33. The normalized spacial score (nSPS) is 13.5. The van der Waals surface area contributed by atoms with E-state index in [2.05, 4.69) is 245 Å². The lowest BCUT2D eigenvalue weighted by atomic mass is 9.83. The van der Waals surface area contributed by atoms with E-state index in [4.69, 9.17) is 0 Å². The summed E-state index contributed by atoms with van der Waals surface area (Å²) in [6.07, 6.45) is 0. The Hall–Kier alpha value is -6.15. The highest BCUT2D eigenvalue weighted by molar-refractivity contribution is 6.90. The molecule has 0 unspecified atom stereocenters. The minimum absolute atomic E-state index is 0.0196. The molecule has 0 fully saturated rings. The van der Waals surface area contributed by atoms with Gasteiger partial charge in [-0.05, 0) is 111 Å². The van der Waals surface area contributed by atoms with E-state index in [1.165, 1.54) is 76.6 Å². The van der Waals surface area contributed by atoms with Gasteiger partial charge in [0.15, 0.2) is 0 Å². The van der Waals surface area contributed by atoms with E-state index < -0.39 is 16.1 Å². The largest absolute Gasteiger partial charge is 0.310 e. The second-order valence-corrected chi connectivity index (χ2v) is 30.6. The Morgan fingerprint density at radius 3 is 1.24 bits per heavy atom. The van der Waals surface area contributed by atoms with Gasteiger partial charge in [-0.3, -0.25) is 0 Å². The molecule has 0 atom stereocenters. The van der Waals surface area contributed by atoms with Crippen LogP contribution in [0.2, 0.25) is 39.3 Å². The summed E-state index contributed by atoms with van der Waals surface area (Å²) < 4.78 is 0. The lowest BCUT2D eigenvalue weighted by Crippen LogP contribution is -2.40. The highest BCUT2D eigenvalue weighted by atomic mass is 28.3. The first-order valence-electron chi connectivity index (χ1n) is 22.2. The van der Waals surface area contributed by atoms with Gasteiger partial charge >= 0.3 is 0 Å². The Balaban J connectivity index is 1.43. The first-order chi connectivity index (χ1) is 29.6. The molecule has 0 spiro atoms. The maximum atomic E-state index is 2.60. The number of rotatable bonds is 5. The van der Waals surface area contributed by atoms with Crippen molar-refractivity contribution in [2.75, 3.05) is 14.7 Å². The summed E-state index contributed by atoms with van der Waals surface area (Å²) in [7, 11) is -3.74. The fourth-order valence-electron chi connectivity index (χ4n) is 9.79. The van der Waals surface area contributed by atoms with Crippen LogP contribution in [0.5, 0.6) is 0 Å². The average molecular weight is 840 g/mol. The summed E-state index contributed by atoms with van der Waals surface area (Å²) in [5, 5.41) is 10.6. The Labute approximate surface area is 370 Å². The fourth-order valence-corrected chi connectivity index (χ4v) is 12.9. The molecule has 0 N–H and O–H groups in total. The molecular formula is C57H57N3Si2. The number of hydrogen-bond acceptors (Lipinski definition) is 3. The smallest absolute Gasteiger partial charge is 0.0803 e. The molecule has 0 radical (unpaired) electrons. The minimum Gasteiger partial charge on any atom is -0.310 e.